The Hall–Kier alpha value is -6.07. The van der Waals surface area contributed by atoms with Gasteiger partial charge in [-0.25, -0.2) is 23.5 Å². The molecule has 7 heterocycles. The molecule has 2 saturated heterocycles. The molecule has 2 fully saturated rings. The van der Waals surface area contributed by atoms with E-state index in [2.05, 4.69) is 35.4 Å². The van der Waals surface area contributed by atoms with Gasteiger partial charge < -0.3 is 14.4 Å². The molecule has 3 aromatic heterocycles. The number of benzene rings is 2. The number of urea groups is 1. The molecule has 4 aliphatic heterocycles. The minimum absolute atomic E-state index is 0.0623. The summed E-state index contributed by atoms with van der Waals surface area (Å²) in [5.74, 6) is -2.25. The standard InChI is InChI=1S/C41H40F2N10O4S/c1-49(22-33-32(43)19-28(20-45-33)52-15-10-35(54)47-41(52)57)26-8-13-50(14-9-26)27-6-4-24(5-7-27)25-17-29-30(31(42)18-25)21-53(39(29)56)37(38(55)48-40-44-11-16-58-40)36-34-3-2-12-51(34)23-46-36/h4-7,11,16-20,23,26,37H,2-3,8-10,12-15,21-22H2,1H3,(H,44,48,55)(H,47,54,57). The molecule has 0 spiro atoms. The fourth-order valence-electron chi connectivity index (χ4n) is 8.49. The van der Waals surface area contributed by atoms with Crippen LogP contribution in [0.2, 0.25) is 0 Å². The number of rotatable bonds is 10. The third kappa shape index (κ3) is 7.08. The number of imidazole rings is 1. The van der Waals surface area contributed by atoms with E-state index in [9.17, 15) is 19.2 Å². The van der Waals surface area contributed by atoms with Crippen LogP contribution in [0.25, 0.3) is 11.1 Å². The summed E-state index contributed by atoms with van der Waals surface area (Å²) in [4.78, 5) is 71.8. The highest BCUT2D eigenvalue weighted by molar-refractivity contribution is 7.13. The van der Waals surface area contributed by atoms with Gasteiger partial charge >= 0.3 is 6.03 Å². The molecule has 14 nitrogen and oxygen atoms in total. The Morgan fingerprint density at radius 1 is 0.966 bits per heavy atom. The molecule has 5 amide bonds. The van der Waals surface area contributed by atoms with Gasteiger partial charge in [0.15, 0.2) is 11.2 Å². The van der Waals surface area contributed by atoms with E-state index in [-0.39, 0.29) is 48.3 Å². The number of amides is 5. The van der Waals surface area contributed by atoms with Crippen LogP contribution in [-0.4, -0.2) is 85.8 Å². The van der Waals surface area contributed by atoms with Crippen LogP contribution >= 0.6 is 11.3 Å². The molecule has 0 radical (unpaired) electrons. The molecule has 0 saturated carbocycles. The summed E-state index contributed by atoms with van der Waals surface area (Å²) in [5.41, 5.74) is 4.81. The number of nitrogens with zero attached hydrogens (tertiary/aromatic N) is 8. The van der Waals surface area contributed by atoms with Crippen LogP contribution in [0.3, 0.4) is 0 Å². The van der Waals surface area contributed by atoms with E-state index in [4.69, 9.17) is 0 Å². The number of aromatic nitrogens is 4. The molecule has 17 heteroatoms. The predicted octanol–water partition coefficient (Wildman–Crippen LogP) is 5.51. The number of piperidine rings is 1. The van der Waals surface area contributed by atoms with Gasteiger partial charge in [0, 0.05) is 85.3 Å². The number of imide groups is 1. The monoisotopic (exact) mass is 806 g/mol. The van der Waals surface area contributed by atoms with Crippen molar-refractivity contribution in [2.75, 3.05) is 41.8 Å². The van der Waals surface area contributed by atoms with E-state index in [1.807, 2.05) is 35.9 Å². The van der Waals surface area contributed by atoms with Crippen molar-refractivity contribution in [2.24, 2.45) is 0 Å². The van der Waals surface area contributed by atoms with E-state index in [0.29, 0.717) is 28.6 Å². The first kappa shape index (κ1) is 37.5. The van der Waals surface area contributed by atoms with Gasteiger partial charge in [-0.15, -0.1) is 11.3 Å². The zero-order valence-corrected chi connectivity index (χ0v) is 32.5. The fraction of sp³-hybridized carbons (Fsp3) is 0.341. The average molecular weight is 807 g/mol. The molecule has 2 aromatic carbocycles. The number of pyridine rings is 1. The summed E-state index contributed by atoms with van der Waals surface area (Å²) in [6.07, 6.45) is 8.24. The Morgan fingerprint density at radius 2 is 1.78 bits per heavy atom. The van der Waals surface area contributed by atoms with Gasteiger partial charge in [0.05, 0.1) is 36.1 Å². The van der Waals surface area contributed by atoms with E-state index in [0.717, 1.165) is 62.3 Å². The van der Waals surface area contributed by atoms with Crippen molar-refractivity contribution in [3.8, 4) is 11.1 Å². The predicted molar refractivity (Wildman–Crippen MR) is 212 cm³/mol. The molecule has 5 aromatic rings. The summed E-state index contributed by atoms with van der Waals surface area (Å²) in [5, 5.41) is 7.23. The van der Waals surface area contributed by atoms with Gasteiger partial charge in [0.1, 0.15) is 11.6 Å². The number of thiazole rings is 1. The second-order valence-corrected chi connectivity index (χ2v) is 16.0. The van der Waals surface area contributed by atoms with Crippen molar-refractivity contribution in [3.05, 3.63) is 106 Å². The van der Waals surface area contributed by atoms with Gasteiger partial charge in [-0.3, -0.25) is 39.8 Å². The van der Waals surface area contributed by atoms with Crippen molar-refractivity contribution in [2.45, 2.75) is 63.8 Å². The lowest BCUT2D eigenvalue weighted by molar-refractivity contribution is -0.121. The number of anilines is 3. The van der Waals surface area contributed by atoms with Crippen LogP contribution in [0.15, 0.2) is 66.6 Å². The third-order valence-corrected chi connectivity index (χ3v) is 12.3. The quantitative estimate of drug-likeness (QED) is 0.187. The first-order valence-electron chi connectivity index (χ1n) is 19.3. The summed E-state index contributed by atoms with van der Waals surface area (Å²) < 4.78 is 33.0. The number of carbonyl (C=O) groups is 4. The van der Waals surface area contributed by atoms with E-state index in [1.165, 1.54) is 39.5 Å². The molecule has 58 heavy (non-hydrogen) atoms. The molecule has 9 rings (SSSR count). The van der Waals surface area contributed by atoms with Crippen molar-refractivity contribution in [1.29, 1.82) is 0 Å². The largest absolute Gasteiger partial charge is 0.371 e. The highest BCUT2D eigenvalue weighted by atomic mass is 32.1. The Labute approximate surface area is 336 Å². The molecule has 4 aliphatic rings. The molecule has 0 bridgehead atoms. The summed E-state index contributed by atoms with van der Waals surface area (Å²) in [7, 11) is 1.95. The van der Waals surface area contributed by atoms with Gasteiger partial charge in [0.25, 0.3) is 11.8 Å². The molecule has 298 valence electrons. The maximum Gasteiger partial charge on any atom is 0.328 e. The Morgan fingerprint density at radius 3 is 2.52 bits per heavy atom. The number of hydrogen-bond acceptors (Lipinski definition) is 10. The summed E-state index contributed by atoms with van der Waals surface area (Å²) >= 11 is 1.27. The van der Waals surface area contributed by atoms with Crippen LogP contribution in [-0.2, 0) is 35.6 Å². The lowest BCUT2D eigenvalue weighted by Gasteiger charge is -2.38. The van der Waals surface area contributed by atoms with Crippen molar-refractivity contribution >= 4 is 51.6 Å². The Balaban J connectivity index is 0.849. The lowest BCUT2D eigenvalue weighted by atomic mass is 9.98. The van der Waals surface area contributed by atoms with Crippen LogP contribution in [0.4, 0.5) is 30.1 Å². The SMILES string of the molecule is CN(Cc1ncc(N2CCC(=O)NC2=O)cc1F)C1CCN(c2ccc(-c3cc(F)c4c(c3)C(=O)N(C(C(=O)Nc3nccs3)c3ncn5c3CCC5)C4)cc2)CC1. The van der Waals surface area contributed by atoms with E-state index < -0.39 is 35.5 Å². The number of aryl methyl sites for hydroxylation is 1. The summed E-state index contributed by atoms with van der Waals surface area (Å²) in [6, 6.07) is 10.9. The van der Waals surface area contributed by atoms with Crippen LogP contribution < -0.4 is 20.4 Å². The second-order valence-electron chi connectivity index (χ2n) is 15.1. The Bertz CT molecular complexity index is 2420. The van der Waals surface area contributed by atoms with Crippen molar-refractivity contribution in [3.63, 3.8) is 0 Å². The topological polar surface area (TPSA) is 149 Å². The molecule has 2 N–H and O–H groups in total. The van der Waals surface area contributed by atoms with Crippen LogP contribution in [0.1, 0.15) is 64.7 Å². The number of carbonyl (C=O) groups excluding carboxylic acids is 4. The maximum absolute atomic E-state index is 15.9. The Kier molecular flexibility index (Phi) is 9.93. The molecule has 1 unspecified atom stereocenters. The molecular formula is C41H40F2N10O4S. The zero-order chi connectivity index (χ0) is 40.1. The fourth-order valence-corrected chi connectivity index (χ4v) is 9.02. The first-order valence-corrected chi connectivity index (χ1v) is 20.2. The van der Waals surface area contributed by atoms with E-state index in [1.54, 1.807) is 24.0 Å². The van der Waals surface area contributed by atoms with Gasteiger partial charge in [-0.05, 0) is 68.1 Å². The molecular weight excluding hydrogens is 767 g/mol. The molecule has 1 atom stereocenters. The van der Waals surface area contributed by atoms with Crippen LogP contribution in [0, 0.1) is 11.6 Å². The normalized spacial score (nSPS) is 17.5. The van der Waals surface area contributed by atoms with Crippen LogP contribution in [0.5, 0.6) is 0 Å². The average Bonchev–Trinajstić information content (AvgIpc) is 4.04. The number of fused-ring (bicyclic) bond motifs is 2. The van der Waals surface area contributed by atoms with Crippen molar-refractivity contribution < 1.29 is 28.0 Å². The van der Waals surface area contributed by atoms with Gasteiger partial charge in [-0.2, -0.15) is 0 Å². The van der Waals surface area contributed by atoms with E-state index >= 15 is 8.78 Å². The second kappa shape index (κ2) is 15.4. The minimum Gasteiger partial charge on any atom is -0.371 e. The summed E-state index contributed by atoms with van der Waals surface area (Å²) in [6.45, 7) is 2.76. The van der Waals surface area contributed by atoms with Crippen molar-refractivity contribution in [1.82, 2.24) is 34.6 Å². The number of nitrogens with one attached hydrogen (secondary N) is 2. The lowest BCUT2D eigenvalue weighted by Crippen LogP contribution is -2.49. The van der Waals surface area contributed by atoms with Gasteiger partial charge in [0.2, 0.25) is 5.91 Å². The zero-order valence-electron chi connectivity index (χ0n) is 31.7. The highest BCUT2D eigenvalue weighted by Crippen LogP contribution is 2.38. The molecule has 0 aliphatic carbocycles. The maximum atomic E-state index is 15.9. The third-order valence-electron chi connectivity index (χ3n) is 11.6. The minimum atomic E-state index is -1.06. The first-order chi connectivity index (χ1) is 28.1. The smallest absolute Gasteiger partial charge is 0.328 e. The highest BCUT2D eigenvalue weighted by Gasteiger charge is 2.42. The number of hydrogen-bond donors (Lipinski definition) is 2. The number of halogens is 2. The van der Waals surface area contributed by atoms with Gasteiger partial charge in [-0.1, -0.05) is 12.1 Å².